The van der Waals surface area contributed by atoms with E-state index in [0.29, 0.717) is 12.2 Å². The molecule has 0 saturated carbocycles. The molecular weight excluding hydrogens is 321 g/mol. The van der Waals surface area contributed by atoms with E-state index in [1.165, 1.54) is 0 Å². The van der Waals surface area contributed by atoms with Crippen LogP contribution in [0.15, 0.2) is 22.7 Å². The van der Waals surface area contributed by atoms with Gasteiger partial charge in [-0.1, -0.05) is 35.8 Å². The van der Waals surface area contributed by atoms with Crippen LogP contribution in [0.1, 0.15) is 25.5 Å². The predicted octanol–water partition coefficient (Wildman–Crippen LogP) is 3.38. The van der Waals surface area contributed by atoms with Gasteiger partial charge in [0.2, 0.25) is 0 Å². The second kappa shape index (κ2) is 5.36. The fourth-order valence-corrected chi connectivity index (χ4v) is 2.30. The maximum Gasteiger partial charge on any atom is 0.407 e. The molecule has 0 aliphatic carbocycles. The number of amides is 1. The number of benzene rings is 1. The Morgan fingerprint density at radius 2 is 2.17 bits per heavy atom. The van der Waals surface area contributed by atoms with E-state index in [1.54, 1.807) is 12.1 Å². The number of nitrogens with one attached hydrogen (secondary N) is 1. The molecule has 1 saturated heterocycles. The average Bonchev–Trinajstić information content (AvgIpc) is 2.23. The number of ether oxygens (including phenoxy) is 1. The molecule has 0 bridgehead atoms. The van der Waals surface area contributed by atoms with Crippen LogP contribution < -0.4 is 5.32 Å². The Bertz CT molecular complexity index is 465. The van der Waals surface area contributed by atoms with Crippen LogP contribution in [0, 0.1) is 5.41 Å². The lowest BCUT2D eigenvalue weighted by molar-refractivity contribution is 0.0381. The molecule has 4 nitrogen and oxygen atoms in total. The maximum atomic E-state index is 11.3. The summed E-state index contributed by atoms with van der Waals surface area (Å²) in [6.45, 7) is 4.30. The van der Waals surface area contributed by atoms with E-state index in [-0.39, 0.29) is 29.6 Å². The number of aromatic hydroxyl groups is 1. The van der Waals surface area contributed by atoms with Gasteiger partial charge < -0.3 is 15.2 Å². The number of rotatable bonds is 1. The predicted molar refractivity (Wildman–Crippen MR) is 74.1 cm³/mol. The fraction of sp³-hybridized carbons (Fsp3) is 0.417. The van der Waals surface area contributed by atoms with E-state index in [9.17, 15) is 9.90 Å². The standard InChI is InChI=1S/C12H14BrNO3.ClH/c1-12(2)6-17-11(16)14-10(12)8-4-3-7(13)5-9(8)15;/h3-5,10,15H,6H2,1-2H3,(H,14,16);1H/t10-;/m1./s1. The summed E-state index contributed by atoms with van der Waals surface area (Å²) >= 11 is 3.29. The summed E-state index contributed by atoms with van der Waals surface area (Å²) in [6, 6.07) is 5.01. The number of alkyl carbamates (subject to hydrolysis) is 1. The molecular formula is C12H15BrClNO3. The molecule has 6 heteroatoms. The SMILES string of the molecule is CC1(C)COC(=O)N[C@@H]1c1ccc(Br)cc1O.Cl. The maximum absolute atomic E-state index is 11.3. The summed E-state index contributed by atoms with van der Waals surface area (Å²) in [5, 5.41) is 12.7. The van der Waals surface area contributed by atoms with Crippen LogP contribution in [0.4, 0.5) is 4.79 Å². The molecule has 1 atom stereocenters. The molecule has 2 rings (SSSR count). The Hall–Kier alpha value is -0.940. The third-order valence-corrected chi connectivity index (χ3v) is 3.42. The number of carbonyl (C=O) groups excluding carboxylic acids is 1. The minimum absolute atomic E-state index is 0. The molecule has 1 aromatic carbocycles. The highest BCUT2D eigenvalue weighted by Gasteiger charge is 2.39. The molecule has 0 unspecified atom stereocenters. The largest absolute Gasteiger partial charge is 0.508 e. The number of cyclic esters (lactones) is 1. The molecule has 18 heavy (non-hydrogen) atoms. The van der Waals surface area contributed by atoms with Crippen LogP contribution in [0.5, 0.6) is 5.75 Å². The van der Waals surface area contributed by atoms with Crippen molar-refractivity contribution >= 4 is 34.4 Å². The summed E-state index contributed by atoms with van der Waals surface area (Å²) in [6.07, 6.45) is -0.448. The third kappa shape index (κ3) is 2.90. The van der Waals surface area contributed by atoms with E-state index in [2.05, 4.69) is 21.2 Å². The first kappa shape index (κ1) is 15.1. The van der Waals surface area contributed by atoms with Crippen LogP contribution >= 0.6 is 28.3 Å². The van der Waals surface area contributed by atoms with Gasteiger partial charge in [-0.3, -0.25) is 0 Å². The molecule has 1 amide bonds. The van der Waals surface area contributed by atoms with E-state index in [1.807, 2.05) is 19.9 Å². The molecule has 1 aliphatic heterocycles. The van der Waals surface area contributed by atoms with Gasteiger partial charge in [0.1, 0.15) is 12.4 Å². The lowest BCUT2D eigenvalue weighted by Gasteiger charge is -2.38. The normalized spacial score (nSPS) is 21.5. The van der Waals surface area contributed by atoms with Crippen molar-refractivity contribution in [3.63, 3.8) is 0 Å². The Morgan fingerprint density at radius 1 is 1.50 bits per heavy atom. The van der Waals surface area contributed by atoms with E-state index < -0.39 is 6.09 Å². The topological polar surface area (TPSA) is 58.6 Å². The van der Waals surface area contributed by atoms with Gasteiger partial charge in [0.15, 0.2) is 0 Å². The molecule has 2 N–H and O–H groups in total. The van der Waals surface area contributed by atoms with Crippen LogP contribution in [0.3, 0.4) is 0 Å². The molecule has 0 aromatic heterocycles. The van der Waals surface area contributed by atoms with Crippen molar-refractivity contribution in [1.29, 1.82) is 0 Å². The number of hydrogen-bond acceptors (Lipinski definition) is 3. The smallest absolute Gasteiger partial charge is 0.407 e. The number of hydrogen-bond donors (Lipinski definition) is 2. The first-order valence-corrected chi connectivity index (χ1v) is 6.11. The van der Waals surface area contributed by atoms with Crippen molar-refractivity contribution in [2.24, 2.45) is 5.41 Å². The zero-order chi connectivity index (χ0) is 12.6. The van der Waals surface area contributed by atoms with Crippen molar-refractivity contribution in [3.8, 4) is 5.75 Å². The average molecular weight is 337 g/mol. The van der Waals surface area contributed by atoms with Gasteiger partial charge >= 0.3 is 6.09 Å². The third-order valence-electron chi connectivity index (χ3n) is 2.92. The van der Waals surface area contributed by atoms with Crippen LogP contribution in [-0.2, 0) is 4.74 Å². The Kier molecular flexibility index (Phi) is 4.50. The van der Waals surface area contributed by atoms with Crippen LogP contribution in [0.2, 0.25) is 0 Å². The van der Waals surface area contributed by atoms with Gasteiger partial charge in [-0.15, -0.1) is 12.4 Å². The fourth-order valence-electron chi connectivity index (χ4n) is 1.95. The molecule has 1 fully saturated rings. The summed E-state index contributed by atoms with van der Waals surface area (Å²) < 4.78 is 5.77. The Labute approximate surface area is 120 Å². The van der Waals surface area contributed by atoms with Gasteiger partial charge in [0, 0.05) is 15.5 Å². The van der Waals surface area contributed by atoms with Crippen molar-refractivity contribution in [2.45, 2.75) is 19.9 Å². The van der Waals surface area contributed by atoms with Gasteiger partial charge in [-0.25, -0.2) is 4.79 Å². The van der Waals surface area contributed by atoms with Crippen molar-refractivity contribution in [1.82, 2.24) is 5.32 Å². The van der Waals surface area contributed by atoms with Gasteiger partial charge in [0.05, 0.1) is 6.04 Å². The second-order valence-corrected chi connectivity index (χ2v) is 5.76. The summed E-state index contributed by atoms with van der Waals surface area (Å²) in [4.78, 5) is 11.3. The molecule has 0 spiro atoms. The molecule has 0 radical (unpaired) electrons. The van der Waals surface area contributed by atoms with Gasteiger partial charge in [0.25, 0.3) is 0 Å². The Morgan fingerprint density at radius 3 is 2.78 bits per heavy atom. The van der Waals surface area contributed by atoms with Crippen molar-refractivity contribution in [2.75, 3.05) is 6.61 Å². The quantitative estimate of drug-likeness (QED) is 0.826. The van der Waals surface area contributed by atoms with Crippen molar-refractivity contribution < 1.29 is 14.6 Å². The molecule has 100 valence electrons. The van der Waals surface area contributed by atoms with Gasteiger partial charge in [-0.2, -0.15) is 0 Å². The highest BCUT2D eigenvalue weighted by molar-refractivity contribution is 9.10. The Balaban J connectivity index is 0.00000162. The molecule has 1 aliphatic rings. The minimum atomic E-state index is -0.448. The monoisotopic (exact) mass is 335 g/mol. The summed E-state index contributed by atoms with van der Waals surface area (Å²) in [5.74, 6) is 0.166. The highest BCUT2D eigenvalue weighted by atomic mass is 79.9. The van der Waals surface area contributed by atoms with E-state index in [4.69, 9.17) is 4.74 Å². The summed E-state index contributed by atoms with van der Waals surface area (Å²) in [5.41, 5.74) is 0.439. The lowest BCUT2D eigenvalue weighted by atomic mass is 9.80. The van der Waals surface area contributed by atoms with E-state index >= 15 is 0 Å². The number of phenols is 1. The van der Waals surface area contributed by atoms with E-state index in [0.717, 1.165) is 4.47 Å². The summed E-state index contributed by atoms with van der Waals surface area (Å²) in [7, 11) is 0. The molecule has 1 heterocycles. The number of carbonyl (C=O) groups is 1. The highest BCUT2D eigenvalue weighted by Crippen LogP contribution is 2.40. The van der Waals surface area contributed by atoms with Gasteiger partial charge in [-0.05, 0) is 12.1 Å². The molecule has 1 aromatic rings. The van der Waals surface area contributed by atoms with Crippen LogP contribution in [-0.4, -0.2) is 17.8 Å². The van der Waals surface area contributed by atoms with Crippen LogP contribution in [0.25, 0.3) is 0 Å². The minimum Gasteiger partial charge on any atom is -0.508 e. The number of phenolic OH excluding ortho intramolecular Hbond substituents is 1. The first-order chi connectivity index (χ1) is 7.90. The second-order valence-electron chi connectivity index (χ2n) is 4.85. The lowest BCUT2D eigenvalue weighted by Crippen LogP contribution is -2.46. The first-order valence-electron chi connectivity index (χ1n) is 5.32. The number of halogens is 2. The van der Waals surface area contributed by atoms with Crippen molar-refractivity contribution in [3.05, 3.63) is 28.2 Å². The zero-order valence-electron chi connectivity index (χ0n) is 10.1. The zero-order valence-corrected chi connectivity index (χ0v) is 12.5.